The Hall–Kier alpha value is -1.59. The number of hydrogen-bond acceptors (Lipinski definition) is 3. The number of aliphatic imine (C=N–C) groups is 1. The van der Waals surface area contributed by atoms with E-state index in [4.69, 9.17) is 4.74 Å². The van der Waals surface area contributed by atoms with E-state index in [9.17, 15) is 5.11 Å². The van der Waals surface area contributed by atoms with Crippen LogP contribution in [0.25, 0.3) is 0 Å². The van der Waals surface area contributed by atoms with E-state index in [2.05, 4.69) is 27.8 Å². The molecular formula is C17H29N3O2. The van der Waals surface area contributed by atoms with Gasteiger partial charge in [-0.05, 0) is 25.3 Å². The molecule has 1 aromatic rings. The number of nitrogens with zero attached hydrogens (tertiary/aromatic N) is 1. The Morgan fingerprint density at radius 2 is 2.05 bits per heavy atom. The zero-order chi connectivity index (χ0) is 16.0. The van der Waals surface area contributed by atoms with E-state index >= 15 is 0 Å². The summed E-state index contributed by atoms with van der Waals surface area (Å²) in [4.78, 5) is 4.57. The maximum Gasteiger partial charge on any atom is 0.191 e. The van der Waals surface area contributed by atoms with Gasteiger partial charge in [-0.15, -0.1) is 0 Å². The fraction of sp³-hybridized carbons (Fsp3) is 0.588. The van der Waals surface area contributed by atoms with Crippen molar-refractivity contribution in [3.63, 3.8) is 0 Å². The molecule has 0 aromatic heterocycles. The van der Waals surface area contributed by atoms with E-state index in [0.717, 1.165) is 38.5 Å². The monoisotopic (exact) mass is 307 g/mol. The predicted molar refractivity (Wildman–Crippen MR) is 91.2 cm³/mol. The fourth-order valence-corrected chi connectivity index (χ4v) is 2.12. The first-order chi connectivity index (χ1) is 10.8. The summed E-state index contributed by atoms with van der Waals surface area (Å²) >= 11 is 0. The summed E-state index contributed by atoms with van der Waals surface area (Å²) in [6.07, 6.45) is 1.78. The molecule has 0 saturated carbocycles. The van der Waals surface area contributed by atoms with E-state index in [-0.39, 0.29) is 12.5 Å². The average Bonchev–Trinajstić information content (AvgIpc) is 2.56. The first-order valence-corrected chi connectivity index (χ1v) is 7.96. The van der Waals surface area contributed by atoms with Gasteiger partial charge in [-0.1, -0.05) is 30.3 Å². The molecule has 1 atom stereocenters. The Morgan fingerprint density at radius 3 is 2.68 bits per heavy atom. The SMILES string of the molecule is CCNC(=NCC(CO)Cc1ccccc1)NCCCOC. The summed E-state index contributed by atoms with van der Waals surface area (Å²) in [5, 5.41) is 16.0. The largest absolute Gasteiger partial charge is 0.396 e. The highest BCUT2D eigenvalue weighted by Crippen LogP contribution is 2.08. The van der Waals surface area contributed by atoms with E-state index in [1.807, 2.05) is 25.1 Å². The fourth-order valence-electron chi connectivity index (χ4n) is 2.12. The van der Waals surface area contributed by atoms with Gasteiger partial charge in [-0.25, -0.2) is 0 Å². The Morgan fingerprint density at radius 1 is 1.27 bits per heavy atom. The van der Waals surface area contributed by atoms with Crippen LogP contribution in [-0.4, -0.2) is 51.0 Å². The lowest BCUT2D eigenvalue weighted by molar-refractivity contribution is 0.195. The summed E-state index contributed by atoms with van der Waals surface area (Å²) in [5.41, 5.74) is 1.23. The number of rotatable bonds is 10. The highest BCUT2D eigenvalue weighted by molar-refractivity contribution is 5.79. The molecule has 1 rings (SSSR count). The van der Waals surface area contributed by atoms with E-state index in [0.29, 0.717) is 6.54 Å². The number of ether oxygens (including phenoxy) is 1. The molecule has 0 spiro atoms. The molecule has 0 saturated heterocycles. The van der Waals surface area contributed by atoms with Crippen LogP contribution in [0.15, 0.2) is 35.3 Å². The van der Waals surface area contributed by atoms with Gasteiger partial charge in [-0.3, -0.25) is 4.99 Å². The molecule has 0 amide bonds. The van der Waals surface area contributed by atoms with Crippen molar-refractivity contribution in [2.45, 2.75) is 19.8 Å². The molecule has 0 heterocycles. The number of methoxy groups -OCH3 is 1. The highest BCUT2D eigenvalue weighted by atomic mass is 16.5. The van der Waals surface area contributed by atoms with Crippen LogP contribution in [0.1, 0.15) is 18.9 Å². The Bertz CT molecular complexity index is 410. The Labute approximate surface area is 133 Å². The smallest absolute Gasteiger partial charge is 0.191 e. The maximum atomic E-state index is 9.55. The van der Waals surface area contributed by atoms with Crippen LogP contribution >= 0.6 is 0 Å². The molecule has 0 aliphatic heterocycles. The molecule has 1 unspecified atom stereocenters. The molecule has 0 aliphatic rings. The zero-order valence-electron chi connectivity index (χ0n) is 13.7. The molecule has 124 valence electrons. The molecular weight excluding hydrogens is 278 g/mol. The number of aliphatic hydroxyl groups excluding tert-OH is 1. The lowest BCUT2D eigenvalue weighted by atomic mass is 10.0. The lowest BCUT2D eigenvalue weighted by Gasteiger charge is -2.15. The summed E-state index contributed by atoms with van der Waals surface area (Å²) in [6, 6.07) is 10.2. The Balaban J connectivity index is 2.47. The number of benzene rings is 1. The van der Waals surface area contributed by atoms with Gasteiger partial charge in [0.15, 0.2) is 5.96 Å². The number of nitrogens with one attached hydrogen (secondary N) is 2. The second kappa shape index (κ2) is 12.0. The molecule has 0 radical (unpaired) electrons. The predicted octanol–water partition coefficient (Wildman–Crippen LogP) is 1.43. The van der Waals surface area contributed by atoms with Gasteiger partial charge < -0.3 is 20.5 Å². The topological polar surface area (TPSA) is 65.9 Å². The van der Waals surface area contributed by atoms with Gasteiger partial charge in [-0.2, -0.15) is 0 Å². The molecule has 22 heavy (non-hydrogen) atoms. The molecule has 1 aromatic carbocycles. The minimum absolute atomic E-state index is 0.136. The van der Waals surface area contributed by atoms with Crippen molar-refractivity contribution >= 4 is 5.96 Å². The molecule has 5 heteroatoms. The van der Waals surface area contributed by atoms with Crippen LogP contribution in [-0.2, 0) is 11.2 Å². The third kappa shape index (κ3) is 8.00. The standard InChI is InChI=1S/C17H29N3O2/c1-3-18-17(19-10-7-11-22-2)20-13-16(14-21)12-15-8-5-4-6-9-15/h4-6,8-9,16,21H,3,7,10-14H2,1-2H3,(H2,18,19,20). The van der Waals surface area contributed by atoms with Crippen molar-refractivity contribution < 1.29 is 9.84 Å². The molecule has 0 bridgehead atoms. The number of hydrogen-bond donors (Lipinski definition) is 3. The number of guanidine groups is 1. The second-order valence-corrected chi connectivity index (χ2v) is 5.23. The van der Waals surface area contributed by atoms with Crippen molar-refractivity contribution in [3.8, 4) is 0 Å². The zero-order valence-corrected chi connectivity index (χ0v) is 13.7. The van der Waals surface area contributed by atoms with Crippen molar-refractivity contribution in [1.29, 1.82) is 0 Å². The van der Waals surface area contributed by atoms with Crippen LogP contribution in [0.4, 0.5) is 0 Å². The highest BCUT2D eigenvalue weighted by Gasteiger charge is 2.08. The minimum atomic E-state index is 0.136. The van der Waals surface area contributed by atoms with Crippen LogP contribution < -0.4 is 10.6 Å². The molecule has 0 fully saturated rings. The van der Waals surface area contributed by atoms with E-state index in [1.54, 1.807) is 7.11 Å². The van der Waals surface area contributed by atoms with E-state index < -0.39 is 0 Å². The summed E-state index contributed by atoms with van der Waals surface area (Å²) < 4.78 is 5.03. The van der Waals surface area contributed by atoms with Gasteiger partial charge >= 0.3 is 0 Å². The first kappa shape index (κ1) is 18.5. The van der Waals surface area contributed by atoms with Crippen molar-refractivity contribution in [1.82, 2.24) is 10.6 Å². The van der Waals surface area contributed by atoms with Crippen LogP contribution in [0, 0.1) is 5.92 Å². The van der Waals surface area contributed by atoms with Crippen LogP contribution in [0.5, 0.6) is 0 Å². The second-order valence-electron chi connectivity index (χ2n) is 5.23. The molecule has 0 aliphatic carbocycles. The average molecular weight is 307 g/mol. The number of aliphatic hydroxyl groups is 1. The van der Waals surface area contributed by atoms with E-state index in [1.165, 1.54) is 5.56 Å². The van der Waals surface area contributed by atoms with Gasteiger partial charge in [0.05, 0.1) is 0 Å². The van der Waals surface area contributed by atoms with Crippen molar-refractivity contribution in [3.05, 3.63) is 35.9 Å². The van der Waals surface area contributed by atoms with Gasteiger partial charge in [0.25, 0.3) is 0 Å². The molecule has 3 N–H and O–H groups in total. The first-order valence-electron chi connectivity index (χ1n) is 7.96. The quantitative estimate of drug-likeness (QED) is 0.347. The maximum absolute atomic E-state index is 9.55. The van der Waals surface area contributed by atoms with Crippen molar-refractivity contribution in [2.24, 2.45) is 10.9 Å². The van der Waals surface area contributed by atoms with Crippen LogP contribution in [0.3, 0.4) is 0 Å². The summed E-state index contributed by atoms with van der Waals surface area (Å²) in [7, 11) is 1.70. The van der Waals surface area contributed by atoms with Crippen molar-refractivity contribution in [2.75, 3.05) is 40.0 Å². The lowest BCUT2D eigenvalue weighted by Crippen LogP contribution is -2.38. The Kier molecular flexibility index (Phi) is 10.1. The van der Waals surface area contributed by atoms with Crippen LogP contribution in [0.2, 0.25) is 0 Å². The summed E-state index contributed by atoms with van der Waals surface area (Å²) in [6.45, 7) is 5.16. The van der Waals surface area contributed by atoms with Gasteiger partial charge in [0.1, 0.15) is 0 Å². The summed E-state index contributed by atoms with van der Waals surface area (Å²) in [5.74, 6) is 0.932. The third-order valence-electron chi connectivity index (χ3n) is 3.29. The minimum Gasteiger partial charge on any atom is -0.396 e. The third-order valence-corrected chi connectivity index (χ3v) is 3.29. The van der Waals surface area contributed by atoms with Gasteiger partial charge in [0, 0.05) is 45.9 Å². The van der Waals surface area contributed by atoms with Gasteiger partial charge in [0.2, 0.25) is 0 Å². The molecule has 5 nitrogen and oxygen atoms in total. The normalized spacial score (nSPS) is 13.0.